The summed E-state index contributed by atoms with van der Waals surface area (Å²) in [5.74, 6) is 0.947. The van der Waals surface area contributed by atoms with Crippen LogP contribution in [-0.2, 0) is 17.8 Å². The SMILES string of the molecule is CC(C)N(Cc1nc(-c2ccc(Cl)cc2)no1)C(=O)Cc1cccs1. The highest BCUT2D eigenvalue weighted by atomic mass is 35.5. The van der Waals surface area contributed by atoms with Gasteiger partial charge < -0.3 is 9.42 Å². The summed E-state index contributed by atoms with van der Waals surface area (Å²) in [6.45, 7) is 4.24. The van der Waals surface area contributed by atoms with Crippen LogP contribution in [0, 0.1) is 0 Å². The number of hydrogen-bond donors (Lipinski definition) is 0. The van der Waals surface area contributed by atoms with Crippen molar-refractivity contribution in [3.63, 3.8) is 0 Å². The summed E-state index contributed by atoms with van der Waals surface area (Å²) in [5, 5.41) is 6.62. The van der Waals surface area contributed by atoms with Crippen LogP contribution in [0.3, 0.4) is 0 Å². The number of hydrogen-bond acceptors (Lipinski definition) is 5. The Balaban J connectivity index is 1.72. The number of rotatable bonds is 6. The number of aromatic nitrogens is 2. The van der Waals surface area contributed by atoms with Gasteiger partial charge in [-0.05, 0) is 49.6 Å². The van der Waals surface area contributed by atoms with Crippen LogP contribution in [0.2, 0.25) is 5.02 Å². The Morgan fingerprint density at radius 1 is 1.28 bits per heavy atom. The molecule has 0 N–H and O–H groups in total. The Bertz CT molecular complexity index is 828. The molecule has 5 nitrogen and oxygen atoms in total. The van der Waals surface area contributed by atoms with Gasteiger partial charge in [-0.3, -0.25) is 4.79 Å². The molecule has 3 aromatic rings. The molecule has 0 aliphatic rings. The minimum absolute atomic E-state index is 0.0401. The molecule has 0 unspecified atom stereocenters. The molecule has 1 amide bonds. The van der Waals surface area contributed by atoms with Crippen molar-refractivity contribution in [3.05, 3.63) is 57.6 Å². The third-order valence-corrected chi connectivity index (χ3v) is 4.85. The third-order valence-electron chi connectivity index (χ3n) is 3.73. The minimum atomic E-state index is 0.0401. The second-order valence-corrected chi connectivity index (χ2v) is 7.36. The lowest BCUT2D eigenvalue weighted by Gasteiger charge is -2.24. The summed E-state index contributed by atoms with van der Waals surface area (Å²) >= 11 is 7.47. The average Bonchev–Trinajstić information content (AvgIpc) is 3.24. The summed E-state index contributed by atoms with van der Waals surface area (Å²) in [7, 11) is 0. The fourth-order valence-electron chi connectivity index (χ4n) is 2.40. The molecule has 7 heteroatoms. The molecule has 2 aromatic heterocycles. The molecule has 0 radical (unpaired) electrons. The molecule has 25 heavy (non-hydrogen) atoms. The molecule has 0 saturated heterocycles. The average molecular weight is 376 g/mol. The molecule has 0 fully saturated rings. The van der Waals surface area contributed by atoms with Crippen LogP contribution in [-0.4, -0.2) is 27.0 Å². The van der Waals surface area contributed by atoms with Gasteiger partial charge in [-0.2, -0.15) is 4.98 Å². The Hall–Kier alpha value is -2.18. The highest BCUT2D eigenvalue weighted by Crippen LogP contribution is 2.20. The van der Waals surface area contributed by atoms with Crippen molar-refractivity contribution >= 4 is 28.8 Å². The van der Waals surface area contributed by atoms with Gasteiger partial charge in [-0.15, -0.1) is 11.3 Å². The van der Waals surface area contributed by atoms with Crippen molar-refractivity contribution in [1.82, 2.24) is 15.0 Å². The summed E-state index contributed by atoms with van der Waals surface area (Å²) < 4.78 is 5.33. The van der Waals surface area contributed by atoms with E-state index >= 15 is 0 Å². The fourth-order valence-corrected chi connectivity index (χ4v) is 3.23. The van der Waals surface area contributed by atoms with Gasteiger partial charge in [-0.25, -0.2) is 0 Å². The normalized spacial score (nSPS) is 11.0. The van der Waals surface area contributed by atoms with E-state index in [1.54, 1.807) is 28.4 Å². The molecule has 130 valence electrons. The monoisotopic (exact) mass is 375 g/mol. The van der Waals surface area contributed by atoms with Crippen LogP contribution in [0.4, 0.5) is 0 Å². The van der Waals surface area contributed by atoms with Crippen LogP contribution < -0.4 is 0 Å². The van der Waals surface area contributed by atoms with E-state index in [0.29, 0.717) is 29.7 Å². The first-order valence-corrected chi connectivity index (χ1v) is 9.19. The Labute approximate surface area is 155 Å². The number of benzene rings is 1. The summed E-state index contributed by atoms with van der Waals surface area (Å²) in [4.78, 5) is 19.8. The predicted molar refractivity (Wildman–Crippen MR) is 98.5 cm³/mol. The quantitative estimate of drug-likeness (QED) is 0.639. The van der Waals surface area contributed by atoms with Gasteiger partial charge in [0.1, 0.15) is 6.54 Å². The molecule has 0 atom stereocenters. The Kier molecular flexibility index (Phi) is 5.50. The zero-order chi connectivity index (χ0) is 17.8. The molecule has 3 rings (SSSR count). The van der Waals surface area contributed by atoms with Gasteiger partial charge in [0.15, 0.2) is 0 Å². The fraction of sp³-hybridized carbons (Fsp3) is 0.278. The van der Waals surface area contributed by atoms with Crippen molar-refractivity contribution < 1.29 is 9.32 Å². The first-order valence-electron chi connectivity index (χ1n) is 7.93. The number of halogens is 1. The van der Waals surface area contributed by atoms with Gasteiger partial charge in [0.05, 0.1) is 6.42 Å². The molecule has 0 bridgehead atoms. The van der Waals surface area contributed by atoms with Crippen LogP contribution in [0.25, 0.3) is 11.4 Å². The maximum absolute atomic E-state index is 12.6. The summed E-state index contributed by atoms with van der Waals surface area (Å²) in [6, 6.07) is 11.2. The van der Waals surface area contributed by atoms with E-state index in [2.05, 4.69) is 10.1 Å². The lowest BCUT2D eigenvalue weighted by Crippen LogP contribution is -2.37. The number of nitrogens with zero attached hydrogens (tertiary/aromatic N) is 3. The van der Waals surface area contributed by atoms with E-state index in [4.69, 9.17) is 16.1 Å². The molecule has 0 aliphatic heterocycles. The van der Waals surface area contributed by atoms with Crippen molar-refractivity contribution in [2.45, 2.75) is 32.9 Å². The molecule has 0 spiro atoms. The summed E-state index contributed by atoms with van der Waals surface area (Å²) in [6.07, 6.45) is 0.383. The molecule has 1 aromatic carbocycles. The van der Waals surface area contributed by atoms with E-state index in [9.17, 15) is 4.79 Å². The first kappa shape index (κ1) is 17.6. The van der Waals surface area contributed by atoms with Crippen molar-refractivity contribution in [2.75, 3.05) is 0 Å². The third kappa shape index (κ3) is 4.46. The molecule has 0 aliphatic carbocycles. The number of carbonyl (C=O) groups is 1. The molecular formula is C18H18ClN3O2S. The van der Waals surface area contributed by atoms with Crippen LogP contribution in [0.1, 0.15) is 24.6 Å². The number of carbonyl (C=O) groups excluding carboxylic acids is 1. The predicted octanol–water partition coefficient (Wildman–Crippen LogP) is 4.43. The van der Waals surface area contributed by atoms with Gasteiger partial charge in [0.2, 0.25) is 17.6 Å². The van der Waals surface area contributed by atoms with Crippen molar-refractivity contribution in [1.29, 1.82) is 0 Å². The molecule has 0 saturated carbocycles. The van der Waals surface area contributed by atoms with Gasteiger partial charge >= 0.3 is 0 Å². The van der Waals surface area contributed by atoms with Gasteiger partial charge in [0, 0.05) is 21.5 Å². The van der Waals surface area contributed by atoms with E-state index < -0.39 is 0 Å². The highest BCUT2D eigenvalue weighted by molar-refractivity contribution is 7.10. The van der Waals surface area contributed by atoms with Crippen LogP contribution in [0.15, 0.2) is 46.3 Å². The minimum Gasteiger partial charge on any atom is -0.337 e. The number of amides is 1. The second kappa shape index (κ2) is 7.80. The van der Waals surface area contributed by atoms with Crippen LogP contribution in [0.5, 0.6) is 0 Å². The standard InChI is InChI=1S/C18H18ClN3O2S/c1-12(2)22(17(23)10-15-4-3-9-25-15)11-16-20-18(21-24-16)13-5-7-14(19)8-6-13/h3-9,12H,10-11H2,1-2H3. The van der Waals surface area contributed by atoms with E-state index in [1.807, 2.05) is 43.5 Å². The van der Waals surface area contributed by atoms with E-state index in [0.717, 1.165) is 10.4 Å². The topological polar surface area (TPSA) is 59.2 Å². The van der Waals surface area contributed by atoms with Crippen molar-refractivity contribution in [2.24, 2.45) is 0 Å². The number of thiophene rings is 1. The zero-order valence-electron chi connectivity index (χ0n) is 14.0. The Morgan fingerprint density at radius 3 is 2.68 bits per heavy atom. The lowest BCUT2D eigenvalue weighted by molar-refractivity contribution is -0.133. The lowest BCUT2D eigenvalue weighted by atomic mass is 10.2. The molecular weight excluding hydrogens is 358 g/mol. The maximum atomic E-state index is 12.6. The van der Waals surface area contributed by atoms with Gasteiger partial charge in [0.25, 0.3) is 0 Å². The Morgan fingerprint density at radius 2 is 2.04 bits per heavy atom. The molecule has 2 heterocycles. The second-order valence-electron chi connectivity index (χ2n) is 5.89. The first-order chi connectivity index (χ1) is 12.0. The smallest absolute Gasteiger partial charge is 0.246 e. The highest BCUT2D eigenvalue weighted by Gasteiger charge is 2.21. The summed E-state index contributed by atoms with van der Waals surface area (Å²) in [5.41, 5.74) is 0.820. The van der Waals surface area contributed by atoms with E-state index in [1.165, 1.54) is 0 Å². The van der Waals surface area contributed by atoms with Crippen LogP contribution >= 0.6 is 22.9 Å². The largest absolute Gasteiger partial charge is 0.337 e. The van der Waals surface area contributed by atoms with Gasteiger partial charge in [-0.1, -0.05) is 22.8 Å². The zero-order valence-corrected chi connectivity index (χ0v) is 15.5. The van der Waals surface area contributed by atoms with Crippen molar-refractivity contribution in [3.8, 4) is 11.4 Å². The maximum Gasteiger partial charge on any atom is 0.246 e. The van der Waals surface area contributed by atoms with E-state index in [-0.39, 0.29) is 11.9 Å².